The Morgan fingerprint density at radius 1 is 0.821 bits per heavy atom. The first-order valence-corrected chi connectivity index (χ1v) is 12.0. The van der Waals surface area contributed by atoms with Gasteiger partial charge < -0.3 is 20.1 Å². The molecule has 0 aromatic heterocycles. The lowest BCUT2D eigenvalue weighted by Gasteiger charge is -2.65. The highest BCUT2D eigenvalue weighted by molar-refractivity contribution is 5.30. The standard InChI is InChI=1S/C24H36O4/c1-21-6-3-12(25)11-23(21,27)16-9-13(16)19-15(21)4-7-22(2)20(19)14-10-17(14)24(22)8-5-18(26)28-24/h12-20,25-27H,3-11H2,1-2H3/t12-,13-,14?,15?,16+,17-,18?,19?,20?,21+,22-,23+,24-/m0/s1. The Kier molecular flexibility index (Phi) is 3.03. The molecule has 6 saturated carbocycles. The lowest BCUT2D eigenvalue weighted by Crippen LogP contribution is -2.65. The van der Waals surface area contributed by atoms with Crippen LogP contribution in [0.25, 0.3) is 0 Å². The minimum absolute atomic E-state index is 0.0356. The van der Waals surface area contributed by atoms with Gasteiger partial charge in [-0.15, -0.1) is 0 Å². The molecule has 1 saturated heterocycles. The summed E-state index contributed by atoms with van der Waals surface area (Å²) >= 11 is 0. The third-order valence-corrected chi connectivity index (χ3v) is 11.9. The van der Waals surface area contributed by atoms with Crippen LogP contribution in [0.4, 0.5) is 0 Å². The van der Waals surface area contributed by atoms with E-state index in [0.29, 0.717) is 36.0 Å². The van der Waals surface area contributed by atoms with Crippen molar-refractivity contribution >= 4 is 0 Å². The Balaban J connectivity index is 1.31. The molecule has 5 unspecified atom stereocenters. The third kappa shape index (κ3) is 1.67. The first kappa shape index (κ1) is 17.5. The summed E-state index contributed by atoms with van der Waals surface area (Å²) in [6.45, 7) is 4.88. The van der Waals surface area contributed by atoms with Crippen LogP contribution >= 0.6 is 0 Å². The van der Waals surface area contributed by atoms with Crippen molar-refractivity contribution in [2.75, 3.05) is 0 Å². The molecule has 7 fully saturated rings. The van der Waals surface area contributed by atoms with Gasteiger partial charge in [-0.1, -0.05) is 13.8 Å². The van der Waals surface area contributed by atoms with Crippen LogP contribution in [0.5, 0.6) is 0 Å². The van der Waals surface area contributed by atoms with Gasteiger partial charge in [-0.25, -0.2) is 0 Å². The summed E-state index contributed by atoms with van der Waals surface area (Å²) in [5.41, 5.74) is -0.559. The number of aliphatic hydroxyl groups excluding tert-OH is 2. The third-order valence-electron chi connectivity index (χ3n) is 11.9. The molecule has 0 bridgehead atoms. The van der Waals surface area contributed by atoms with Crippen molar-refractivity contribution in [3.8, 4) is 0 Å². The first-order chi connectivity index (χ1) is 13.3. The zero-order chi connectivity index (χ0) is 19.3. The lowest BCUT2D eigenvalue weighted by molar-refractivity contribution is -0.247. The molecule has 0 aromatic carbocycles. The second-order valence-electron chi connectivity index (χ2n) is 12.4. The average Bonchev–Trinajstić information content (AvgIpc) is 3.54. The normalized spacial score (nSPS) is 71.2. The molecule has 0 amide bonds. The summed E-state index contributed by atoms with van der Waals surface area (Å²) in [4.78, 5) is 0. The number of rotatable bonds is 0. The zero-order valence-corrected chi connectivity index (χ0v) is 17.3. The van der Waals surface area contributed by atoms with Crippen molar-refractivity contribution in [1.82, 2.24) is 0 Å². The van der Waals surface area contributed by atoms with Crippen LogP contribution in [0.1, 0.15) is 71.6 Å². The maximum Gasteiger partial charge on any atom is 0.155 e. The molecule has 7 aliphatic rings. The van der Waals surface area contributed by atoms with Crippen molar-refractivity contribution in [2.45, 2.75) is 95.2 Å². The van der Waals surface area contributed by atoms with Gasteiger partial charge in [0.25, 0.3) is 0 Å². The first-order valence-electron chi connectivity index (χ1n) is 12.0. The summed E-state index contributed by atoms with van der Waals surface area (Å²) in [5.74, 6) is 4.53. The van der Waals surface area contributed by atoms with E-state index in [-0.39, 0.29) is 22.5 Å². The van der Waals surface area contributed by atoms with E-state index in [4.69, 9.17) is 4.74 Å². The summed E-state index contributed by atoms with van der Waals surface area (Å²) in [5, 5.41) is 32.5. The Hall–Kier alpha value is -0.160. The van der Waals surface area contributed by atoms with E-state index in [1.54, 1.807) is 0 Å². The molecule has 7 rings (SSSR count). The second-order valence-corrected chi connectivity index (χ2v) is 12.4. The largest absolute Gasteiger partial charge is 0.393 e. The van der Waals surface area contributed by atoms with Crippen LogP contribution in [-0.4, -0.2) is 38.9 Å². The number of aliphatic hydroxyl groups is 3. The Labute approximate surface area is 168 Å². The molecule has 0 radical (unpaired) electrons. The molecule has 1 heterocycles. The smallest absolute Gasteiger partial charge is 0.155 e. The van der Waals surface area contributed by atoms with Gasteiger partial charge in [-0.2, -0.15) is 0 Å². The van der Waals surface area contributed by atoms with Gasteiger partial charge in [0.1, 0.15) is 0 Å². The van der Waals surface area contributed by atoms with Crippen LogP contribution in [0.3, 0.4) is 0 Å². The van der Waals surface area contributed by atoms with E-state index >= 15 is 0 Å². The fourth-order valence-corrected chi connectivity index (χ4v) is 10.7. The molecule has 3 N–H and O–H groups in total. The van der Waals surface area contributed by atoms with Gasteiger partial charge in [0.05, 0.1) is 17.3 Å². The minimum atomic E-state index is -0.649. The van der Waals surface area contributed by atoms with Crippen LogP contribution in [0.15, 0.2) is 0 Å². The summed E-state index contributed by atoms with van der Waals surface area (Å²) in [7, 11) is 0. The highest BCUT2D eigenvalue weighted by Crippen LogP contribution is 2.83. The van der Waals surface area contributed by atoms with E-state index in [1.807, 2.05) is 0 Å². The topological polar surface area (TPSA) is 69.9 Å². The van der Waals surface area contributed by atoms with Crippen molar-refractivity contribution in [2.24, 2.45) is 52.3 Å². The Morgan fingerprint density at radius 2 is 1.57 bits per heavy atom. The van der Waals surface area contributed by atoms with Crippen molar-refractivity contribution in [1.29, 1.82) is 0 Å². The highest BCUT2D eigenvalue weighted by atomic mass is 16.6. The molecule has 28 heavy (non-hydrogen) atoms. The number of hydrogen-bond donors (Lipinski definition) is 3. The maximum atomic E-state index is 11.9. The maximum absolute atomic E-state index is 11.9. The predicted molar refractivity (Wildman–Crippen MR) is 103 cm³/mol. The summed E-state index contributed by atoms with van der Waals surface area (Å²) < 4.78 is 6.40. The molecule has 6 aliphatic carbocycles. The zero-order valence-electron chi connectivity index (χ0n) is 17.3. The van der Waals surface area contributed by atoms with Crippen molar-refractivity contribution in [3.63, 3.8) is 0 Å². The van der Waals surface area contributed by atoms with Gasteiger partial charge in [-0.3, -0.25) is 0 Å². The van der Waals surface area contributed by atoms with E-state index in [2.05, 4.69) is 13.8 Å². The molecule has 0 aromatic rings. The Bertz CT molecular complexity index is 740. The van der Waals surface area contributed by atoms with Crippen LogP contribution in [0.2, 0.25) is 0 Å². The van der Waals surface area contributed by atoms with Gasteiger partial charge in [0.2, 0.25) is 0 Å². The lowest BCUT2D eigenvalue weighted by atomic mass is 9.42. The average molecular weight is 389 g/mol. The molecule has 1 aliphatic heterocycles. The molecule has 4 nitrogen and oxygen atoms in total. The SMILES string of the molecule is C[C@]12CCC3C(C1C1C[C@@H]1[C@@]21CCC(O)O1)[C@H]1C[C@H]1[C@]1(O)C[C@@H](O)CC[C@]31C. The quantitative estimate of drug-likeness (QED) is 0.596. The van der Waals surface area contributed by atoms with E-state index in [9.17, 15) is 15.3 Å². The monoisotopic (exact) mass is 388 g/mol. The molecular weight excluding hydrogens is 352 g/mol. The number of fused-ring (bicyclic) bond motifs is 12. The summed E-state index contributed by atoms with van der Waals surface area (Å²) in [6, 6.07) is 0. The van der Waals surface area contributed by atoms with Gasteiger partial charge in [0, 0.05) is 18.3 Å². The Morgan fingerprint density at radius 3 is 2.32 bits per heavy atom. The van der Waals surface area contributed by atoms with E-state index in [0.717, 1.165) is 37.5 Å². The molecule has 156 valence electrons. The molecular formula is C24H36O4. The van der Waals surface area contributed by atoms with Gasteiger partial charge in [-0.05, 0) is 91.8 Å². The molecule has 1 spiro atoms. The van der Waals surface area contributed by atoms with E-state index in [1.165, 1.54) is 25.7 Å². The molecule has 13 atom stereocenters. The van der Waals surface area contributed by atoms with E-state index < -0.39 is 11.9 Å². The second kappa shape index (κ2) is 4.84. The minimum Gasteiger partial charge on any atom is -0.393 e. The molecule has 4 heteroatoms. The number of ether oxygens (including phenoxy) is 1. The van der Waals surface area contributed by atoms with Crippen molar-refractivity contribution < 1.29 is 20.1 Å². The van der Waals surface area contributed by atoms with Crippen LogP contribution < -0.4 is 0 Å². The van der Waals surface area contributed by atoms with Crippen LogP contribution in [-0.2, 0) is 4.74 Å². The number of hydrogen-bond acceptors (Lipinski definition) is 4. The van der Waals surface area contributed by atoms with Gasteiger partial charge in [0.15, 0.2) is 6.29 Å². The van der Waals surface area contributed by atoms with Gasteiger partial charge >= 0.3 is 0 Å². The summed E-state index contributed by atoms with van der Waals surface area (Å²) in [6.07, 6.45) is 8.25. The fraction of sp³-hybridized carbons (Fsp3) is 1.00. The highest BCUT2D eigenvalue weighted by Gasteiger charge is 2.82. The predicted octanol–water partition coefficient (Wildman–Crippen LogP) is 3.08. The van der Waals surface area contributed by atoms with Crippen molar-refractivity contribution in [3.05, 3.63) is 0 Å². The fourth-order valence-electron chi connectivity index (χ4n) is 10.7. The van der Waals surface area contributed by atoms with Crippen LogP contribution in [0, 0.1) is 52.3 Å².